The van der Waals surface area contributed by atoms with Gasteiger partial charge < -0.3 is 25.4 Å². The molecule has 1 saturated heterocycles. The van der Waals surface area contributed by atoms with Crippen molar-refractivity contribution in [3.63, 3.8) is 0 Å². The largest absolute Gasteiger partial charge is 0.494 e. The fraction of sp³-hybridized carbons (Fsp3) is 0.273. The van der Waals surface area contributed by atoms with Crippen molar-refractivity contribution in [3.05, 3.63) is 94.5 Å². The quantitative estimate of drug-likeness (QED) is 0.229. The molecule has 0 bridgehead atoms. The van der Waals surface area contributed by atoms with Crippen LogP contribution in [0.15, 0.2) is 71.7 Å². The molecule has 10 nitrogen and oxygen atoms in total. The summed E-state index contributed by atoms with van der Waals surface area (Å²) in [4.78, 5) is 48.1. The highest BCUT2D eigenvalue weighted by Crippen LogP contribution is 2.33. The summed E-state index contributed by atoms with van der Waals surface area (Å²) in [6.45, 7) is 7.68. The van der Waals surface area contributed by atoms with Gasteiger partial charge in [-0.05, 0) is 61.9 Å². The molecule has 2 heterocycles. The molecule has 0 spiro atoms. The van der Waals surface area contributed by atoms with Crippen LogP contribution in [-0.2, 0) is 4.79 Å². The standard InChI is InChI=1S/C33H35N5O5/c1-21-19-27-28(20-26(21)33(42)43)36-32(41)29(27)30(23-7-4-3-5-8-23)35-25-11-9-24(10-12-25)31(40)34-13-16-37-14-6-15-38(18-17-37)22(2)39/h3-5,7-12,19-20,36,41H,6,13-18H2,1-2H3,(H,34,40)(H,42,43). The first-order valence-corrected chi connectivity index (χ1v) is 14.3. The van der Waals surface area contributed by atoms with E-state index in [0.717, 1.165) is 31.6 Å². The molecule has 0 radical (unpaired) electrons. The molecule has 2 amide bonds. The number of nitrogens with one attached hydrogen (secondary N) is 2. The third-order valence-electron chi connectivity index (χ3n) is 7.76. The first-order valence-electron chi connectivity index (χ1n) is 14.3. The van der Waals surface area contributed by atoms with E-state index >= 15 is 0 Å². The molecule has 1 aliphatic heterocycles. The number of aromatic nitrogens is 1. The minimum atomic E-state index is -1.04. The van der Waals surface area contributed by atoms with E-state index in [1.165, 1.54) is 6.07 Å². The van der Waals surface area contributed by atoms with Gasteiger partial charge in [-0.1, -0.05) is 30.3 Å². The number of nitrogens with zero attached hydrogens (tertiary/aromatic N) is 3. The molecule has 0 atom stereocenters. The highest BCUT2D eigenvalue weighted by Gasteiger charge is 2.21. The Labute approximate surface area is 249 Å². The molecule has 10 heteroatoms. The van der Waals surface area contributed by atoms with Crippen molar-refractivity contribution in [2.45, 2.75) is 20.3 Å². The second-order valence-electron chi connectivity index (χ2n) is 10.7. The summed E-state index contributed by atoms with van der Waals surface area (Å²) in [7, 11) is 0. The van der Waals surface area contributed by atoms with Gasteiger partial charge in [-0.2, -0.15) is 0 Å². The Morgan fingerprint density at radius 2 is 1.70 bits per heavy atom. The number of carbonyl (C=O) groups is 3. The molecule has 222 valence electrons. The van der Waals surface area contributed by atoms with Gasteiger partial charge in [-0.15, -0.1) is 0 Å². The Bertz CT molecular complexity index is 1680. The summed E-state index contributed by atoms with van der Waals surface area (Å²) in [5.41, 5.74) is 4.03. The maximum Gasteiger partial charge on any atom is 0.336 e. The number of carboxylic acid groups (broad SMARTS) is 1. The third kappa shape index (κ3) is 6.76. The monoisotopic (exact) mass is 581 g/mol. The number of carboxylic acids is 1. The van der Waals surface area contributed by atoms with Crippen molar-refractivity contribution in [3.8, 4) is 5.88 Å². The van der Waals surface area contributed by atoms with E-state index in [0.29, 0.717) is 58.6 Å². The highest BCUT2D eigenvalue weighted by atomic mass is 16.4. The van der Waals surface area contributed by atoms with Gasteiger partial charge in [0.25, 0.3) is 5.91 Å². The lowest BCUT2D eigenvalue weighted by Crippen LogP contribution is -2.37. The number of aliphatic imine (C=N–C) groups is 1. The minimum absolute atomic E-state index is 0.0986. The second-order valence-corrected chi connectivity index (χ2v) is 10.7. The first kappa shape index (κ1) is 29.5. The van der Waals surface area contributed by atoms with Crippen molar-refractivity contribution in [1.82, 2.24) is 20.1 Å². The van der Waals surface area contributed by atoms with Gasteiger partial charge in [0.15, 0.2) is 5.88 Å². The highest BCUT2D eigenvalue weighted by molar-refractivity contribution is 6.22. The topological polar surface area (TPSA) is 138 Å². The van der Waals surface area contributed by atoms with Crippen LogP contribution < -0.4 is 5.32 Å². The van der Waals surface area contributed by atoms with Crippen molar-refractivity contribution in [1.29, 1.82) is 0 Å². The average molecular weight is 582 g/mol. The van der Waals surface area contributed by atoms with Crippen LogP contribution in [0.5, 0.6) is 5.88 Å². The number of rotatable bonds is 8. The summed E-state index contributed by atoms with van der Waals surface area (Å²) in [6, 6.07) is 19.6. The van der Waals surface area contributed by atoms with Crippen molar-refractivity contribution < 1.29 is 24.6 Å². The van der Waals surface area contributed by atoms with Crippen LogP contribution in [0.4, 0.5) is 5.69 Å². The predicted octanol–water partition coefficient (Wildman–Crippen LogP) is 4.33. The molecule has 1 fully saturated rings. The summed E-state index contributed by atoms with van der Waals surface area (Å²) in [5, 5.41) is 24.1. The van der Waals surface area contributed by atoms with E-state index in [2.05, 4.69) is 15.2 Å². The van der Waals surface area contributed by atoms with Crippen LogP contribution in [0, 0.1) is 6.92 Å². The molecular weight excluding hydrogens is 546 g/mol. The van der Waals surface area contributed by atoms with E-state index in [1.54, 1.807) is 44.2 Å². The number of hydrogen-bond acceptors (Lipinski definition) is 6. The maximum atomic E-state index is 12.8. The summed E-state index contributed by atoms with van der Waals surface area (Å²) in [6.07, 6.45) is 0.916. The van der Waals surface area contributed by atoms with Gasteiger partial charge >= 0.3 is 5.97 Å². The van der Waals surface area contributed by atoms with E-state index in [1.807, 2.05) is 35.2 Å². The fourth-order valence-corrected chi connectivity index (χ4v) is 5.42. The van der Waals surface area contributed by atoms with Crippen molar-refractivity contribution >= 4 is 40.1 Å². The Kier molecular flexibility index (Phi) is 8.87. The molecular formula is C33H35N5O5. The lowest BCUT2D eigenvalue weighted by Gasteiger charge is -2.21. The van der Waals surface area contributed by atoms with Gasteiger partial charge in [0, 0.05) is 61.7 Å². The second kappa shape index (κ2) is 12.9. The van der Waals surface area contributed by atoms with Gasteiger partial charge in [0.05, 0.1) is 22.5 Å². The molecule has 4 aromatic rings. The summed E-state index contributed by atoms with van der Waals surface area (Å²) < 4.78 is 0. The smallest absolute Gasteiger partial charge is 0.336 e. The normalized spacial score (nSPS) is 14.5. The number of fused-ring (bicyclic) bond motifs is 1. The van der Waals surface area contributed by atoms with Crippen molar-refractivity contribution in [2.75, 3.05) is 39.3 Å². The summed E-state index contributed by atoms with van der Waals surface area (Å²) in [5.74, 6) is -1.24. The predicted molar refractivity (Wildman–Crippen MR) is 165 cm³/mol. The minimum Gasteiger partial charge on any atom is -0.494 e. The Hall–Kier alpha value is -4.96. The molecule has 43 heavy (non-hydrogen) atoms. The number of aromatic carboxylic acids is 1. The van der Waals surface area contributed by atoms with Gasteiger partial charge in [0.1, 0.15) is 0 Å². The molecule has 0 aliphatic carbocycles. The first-order chi connectivity index (χ1) is 20.7. The molecule has 5 rings (SSSR count). The van der Waals surface area contributed by atoms with Crippen LogP contribution in [-0.4, -0.2) is 87.8 Å². The van der Waals surface area contributed by atoms with E-state index in [4.69, 9.17) is 4.99 Å². The van der Waals surface area contributed by atoms with Gasteiger partial charge in [0.2, 0.25) is 5.91 Å². The number of H-pyrrole nitrogens is 1. The zero-order valence-corrected chi connectivity index (χ0v) is 24.3. The zero-order chi connectivity index (χ0) is 30.5. The van der Waals surface area contributed by atoms with Crippen LogP contribution in [0.2, 0.25) is 0 Å². The fourth-order valence-electron chi connectivity index (χ4n) is 5.42. The number of aryl methyl sites for hydroxylation is 1. The molecule has 0 saturated carbocycles. The number of aromatic hydroxyl groups is 1. The average Bonchev–Trinajstić information content (AvgIpc) is 3.14. The van der Waals surface area contributed by atoms with Crippen LogP contribution >= 0.6 is 0 Å². The SMILES string of the molecule is CC(=O)N1CCCN(CCNC(=O)c2ccc(N=C(c3ccccc3)c3c(O)[nH]c4cc(C(=O)O)c(C)cc34)cc2)CC1. The lowest BCUT2D eigenvalue weighted by atomic mass is 9.98. The molecule has 4 N–H and O–H groups in total. The Balaban J connectivity index is 1.34. The molecule has 3 aromatic carbocycles. The van der Waals surface area contributed by atoms with Crippen LogP contribution in [0.25, 0.3) is 10.9 Å². The number of benzene rings is 3. The Morgan fingerprint density at radius 3 is 2.40 bits per heavy atom. The number of amides is 2. The number of carbonyl (C=O) groups excluding carboxylic acids is 2. The van der Waals surface area contributed by atoms with E-state index in [-0.39, 0.29) is 23.3 Å². The molecule has 1 aromatic heterocycles. The van der Waals surface area contributed by atoms with Crippen LogP contribution in [0.1, 0.15) is 50.8 Å². The lowest BCUT2D eigenvalue weighted by molar-refractivity contribution is -0.128. The van der Waals surface area contributed by atoms with Crippen molar-refractivity contribution in [2.24, 2.45) is 4.99 Å². The number of aromatic amines is 1. The van der Waals surface area contributed by atoms with E-state index < -0.39 is 5.97 Å². The zero-order valence-electron chi connectivity index (χ0n) is 24.3. The van der Waals surface area contributed by atoms with Crippen LogP contribution in [0.3, 0.4) is 0 Å². The molecule has 1 aliphatic rings. The molecule has 0 unspecified atom stereocenters. The maximum absolute atomic E-state index is 12.8. The Morgan fingerprint density at radius 1 is 0.953 bits per heavy atom. The third-order valence-corrected chi connectivity index (χ3v) is 7.76. The van der Waals surface area contributed by atoms with Gasteiger partial charge in [-0.25, -0.2) is 9.79 Å². The van der Waals surface area contributed by atoms with Gasteiger partial charge in [-0.3, -0.25) is 14.5 Å². The van der Waals surface area contributed by atoms with E-state index in [9.17, 15) is 24.6 Å². The number of hydrogen-bond donors (Lipinski definition) is 4. The summed E-state index contributed by atoms with van der Waals surface area (Å²) >= 11 is 0.